The standard InChI is InChI=1S/C15H28O3/c1-14(2,3)13(16)5-4-12-6-8-18-15(10-12)7-9-17-11-15/h12-13,16H,4-11H2,1-3H3. The molecule has 3 atom stereocenters. The molecule has 2 fully saturated rings. The van der Waals surface area contributed by atoms with Crippen LogP contribution in [0.15, 0.2) is 0 Å². The fraction of sp³-hybridized carbons (Fsp3) is 1.00. The Kier molecular flexibility index (Phi) is 4.35. The Morgan fingerprint density at radius 1 is 1.33 bits per heavy atom. The molecule has 18 heavy (non-hydrogen) atoms. The first-order valence-corrected chi connectivity index (χ1v) is 7.31. The fourth-order valence-corrected chi connectivity index (χ4v) is 3.07. The van der Waals surface area contributed by atoms with Crippen molar-refractivity contribution in [3.8, 4) is 0 Å². The molecule has 3 heteroatoms. The molecule has 0 bridgehead atoms. The molecule has 3 unspecified atom stereocenters. The van der Waals surface area contributed by atoms with E-state index in [-0.39, 0.29) is 17.1 Å². The molecule has 0 saturated carbocycles. The van der Waals surface area contributed by atoms with Gasteiger partial charge in [-0.15, -0.1) is 0 Å². The molecule has 2 saturated heterocycles. The van der Waals surface area contributed by atoms with Crippen LogP contribution in [0.1, 0.15) is 52.9 Å². The first-order valence-electron chi connectivity index (χ1n) is 7.31. The third-order valence-electron chi connectivity index (χ3n) is 4.51. The normalized spacial score (nSPS) is 35.0. The minimum atomic E-state index is -0.198. The number of aliphatic hydroxyl groups is 1. The number of hydrogen-bond donors (Lipinski definition) is 1. The Balaban J connectivity index is 1.79. The van der Waals surface area contributed by atoms with Gasteiger partial charge in [0.25, 0.3) is 0 Å². The Morgan fingerprint density at radius 2 is 2.11 bits per heavy atom. The molecule has 1 spiro atoms. The van der Waals surface area contributed by atoms with Gasteiger partial charge in [0.15, 0.2) is 0 Å². The molecule has 2 aliphatic rings. The zero-order valence-corrected chi connectivity index (χ0v) is 12.1. The largest absolute Gasteiger partial charge is 0.393 e. The molecule has 2 aliphatic heterocycles. The van der Waals surface area contributed by atoms with Crippen molar-refractivity contribution in [2.45, 2.75) is 64.6 Å². The first-order chi connectivity index (χ1) is 8.41. The second-order valence-corrected chi connectivity index (χ2v) is 7.15. The molecule has 0 amide bonds. The smallest absolute Gasteiger partial charge is 0.0939 e. The van der Waals surface area contributed by atoms with Crippen LogP contribution in [-0.4, -0.2) is 36.6 Å². The molecule has 106 valence electrons. The summed E-state index contributed by atoms with van der Waals surface area (Å²) >= 11 is 0. The molecular weight excluding hydrogens is 228 g/mol. The van der Waals surface area contributed by atoms with Gasteiger partial charge in [-0.25, -0.2) is 0 Å². The SMILES string of the molecule is CC(C)(C)C(O)CCC1CCOC2(CCOC2)C1. The topological polar surface area (TPSA) is 38.7 Å². The highest BCUT2D eigenvalue weighted by molar-refractivity contribution is 4.90. The highest BCUT2D eigenvalue weighted by Crippen LogP contribution is 2.38. The van der Waals surface area contributed by atoms with Crippen LogP contribution in [0.25, 0.3) is 0 Å². The number of hydrogen-bond acceptors (Lipinski definition) is 3. The van der Waals surface area contributed by atoms with Crippen LogP contribution < -0.4 is 0 Å². The molecule has 0 aliphatic carbocycles. The summed E-state index contributed by atoms with van der Waals surface area (Å²) in [5, 5.41) is 10.1. The summed E-state index contributed by atoms with van der Waals surface area (Å²) < 4.78 is 11.4. The first kappa shape index (κ1) is 14.3. The summed E-state index contributed by atoms with van der Waals surface area (Å²) in [6.07, 6.45) is 5.12. The third kappa shape index (κ3) is 3.46. The van der Waals surface area contributed by atoms with E-state index in [0.29, 0.717) is 5.92 Å². The number of ether oxygens (including phenoxy) is 2. The van der Waals surface area contributed by atoms with E-state index in [1.165, 1.54) is 0 Å². The van der Waals surface area contributed by atoms with Crippen LogP contribution in [0.5, 0.6) is 0 Å². The van der Waals surface area contributed by atoms with E-state index in [4.69, 9.17) is 9.47 Å². The van der Waals surface area contributed by atoms with Crippen molar-refractivity contribution in [3.05, 3.63) is 0 Å². The molecule has 2 heterocycles. The van der Waals surface area contributed by atoms with E-state index in [9.17, 15) is 5.11 Å². The molecule has 0 aromatic heterocycles. The minimum absolute atomic E-state index is 0.000671. The van der Waals surface area contributed by atoms with Gasteiger partial charge >= 0.3 is 0 Å². The van der Waals surface area contributed by atoms with Crippen LogP contribution in [0.4, 0.5) is 0 Å². The van der Waals surface area contributed by atoms with E-state index in [2.05, 4.69) is 20.8 Å². The highest BCUT2D eigenvalue weighted by Gasteiger charge is 2.41. The predicted octanol–water partition coefficient (Wildman–Crippen LogP) is 2.76. The molecule has 0 aromatic rings. The van der Waals surface area contributed by atoms with Crippen molar-refractivity contribution < 1.29 is 14.6 Å². The fourth-order valence-electron chi connectivity index (χ4n) is 3.07. The number of aliphatic hydroxyl groups excluding tert-OH is 1. The summed E-state index contributed by atoms with van der Waals surface area (Å²) in [6.45, 7) is 8.79. The van der Waals surface area contributed by atoms with Crippen molar-refractivity contribution in [2.24, 2.45) is 11.3 Å². The Hall–Kier alpha value is -0.120. The van der Waals surface area contributed by atoms with Crippen LogP contribution in [0, 0.1) is 11.3 Å². The zero-order chi connectivity index (χ0) is 13.2. The molecule has 0 aromatic carbocycles. The third-order valence-corrected chi connectivity index (χ3v) is 4.51. The summed E-state index contributed by atoms with van der Waals surface area (Å²) in [4.78, 5) is 0. The maximum atomic E-state index is 10.1. The summed E-state index contributed by atoms with van der Waals surface area (Å²) in [5.74, 6) is 0.692. The maximum absolute atomic E-state index is 10.1. The van der Waals surface area contributed by atoms with Crippen molar-refractivity contribution in [2.75, 3.05) is 19.8 Å². The molecule has 0 radical (unpaired) electrons. The molecular formula is C15H28O3. The van der Waals surface area contributed by atoms with Gasteiger partial charge in [-0.1, -0.05) is 20.8 Å². The van der Waals surface area contributed by atoms with Crippen molar-refractivity contribution in [3.63, 3.8) is 0 Å². The molecule has 3 nitrogen and oxygen atoms in total. The monoisotopic (exact) mass is 256 g/mol. The van der Waals surface area contributed by atoms with Gasteiger partial charge in [0.1, 0.15) is 0 Å². The number of rotatable bonds is 3. The van der Waals surface area contributed by atoms with Crippen molar-refractivity contribution in [1.29, 1.82) is 0 Å². The lowest BCUT2D eigenvalue weighted by atomic mass is 9.79. The van der Waals surface area contributed by atoms with Crippen molar-refractivity contribution in [1.82, 2.24) is 0 Å². The maximum Gasteiger partial charge on any atom is 0.0939 e. The summed E-state index contributed by atoms with van der Waals surface area (Å²) in [6, 6.07) is 0. The quantitative estimate of drug-likeness (QED) is 0.844. The van der Waals surface area contributed by atoms with Crippen LogP contribution in [0.2, 0.25) is 0 Å². The molecule has 1 N–H and O–H groups in total. The van der Waals surface area contributed by atoms with Crippen LogP contribution >= 0.6 is 0 Å². The predicted molar refractivity (Wildman–Crippen MR) is 71.5 cm³/mol. The highest BCUT2D eigenvalue weighted by atomic mass is 16.6. The van der Waals surface area contributed by atoms with E-state index in [0.717, 1.165) is 51.9 Å². The average molecular weight is 256 g/mol. The molecule has 2 rings (SSSR count). The Labute approximate surface area is 111 Å². The summed E-state index contributed by atoms with van der Waals surface area (Å²) in [7, 11) is 0. The zero-order valence-electron chi connectivity index (χ0n) is 12.1. The minimum Gasteiger partial charge on any atom is -0.393 e. The second kappa shape index (κ2) is 5.48. The van der Waals surface area contributed by atoms with Gasteiger partial charge in [0.2, 0.25) is 0 Å². The Bertz CT molecular complexity index is 263. The van der Waals surface area contributed by atoms with Gasteiger partial charge in [0.05, 0.1) is 18.3 Å². The van der Waals surface area contributed by atoms with Crippen LogP contribution in [-0.2, 0) is 9.47 Å². The van der Waals surface area contributed by atoms with E-state index >= 15 is 0 Å². The Morgan fingerprint density at radius 3 is 2.72 bits per heavy atom. The van der Waals surface area contributed by atoms with Gasteiger partial charge in [-0.3, -0.25) is 0 Å². The van der Waals surface area contributed by atoms with Gasteiger partial charge < -0.3 is 14.6 Å². The van der Waals surface area contributed by atoms with Crippen molar-refractivity contribution >= 4 is 0 Å². The van der Waals surface area contributed by atoms with E-state index in [1.807, 2.05) is 0 Å². The van der Waals surface area contributed by atoms with E-state index < -0.39 is 0 Å². The lowest BCUT2D eigenvalue weighted by molar-refractivity contribution is -0.101. The van der Waals surface area contributed by atoms with E-state index in [1.54, 1.807) is 0 Å². The van der Waals surface area contributed by atoms with Gasteiger partial charge in [0, 0.05) is 19.6 Å². The summed E-state index contributed by atoms with van der Waals surface area (Å²) in [5.41, 5.74) is 0.00885. The van der Waals surface area contributed by atoms with Gasteiger partial charge in [-0.2, -0.15) is 0 Å². The lowest BCUT2D eigenvalue weighted by Gasteiger charge is -2.38. The van der Waals surface area contributed by atoms with Gasteiger partial charge in [-0.05, 0) is 37.0 Å². The second-order valence-electron chi connectivity index (χ2n) is 7.15. The average Bonchev–Trinajstić information content (AvgIpc) is 2.73. The van der Waals surface area contributed by atoms with Crippen LogP contribution in [0.3, 0.4) is 0 Å². The lowest BCUT2D eigenvalue weighted by Crippen LogP contribution is -2.40.